The van der Waals surface area contributed by atoms with E-state index in [0.29, 0.717) is 33.5 Å². The first-order valence-electron chi connectivity index (χ1n) is 7.88. The topological polar surface area (TPSA) is 98.6 Å². The number of pyridine rings is 1. The van der Waals surface area contributed by atoms with Gasteiger partial charge in [0.15, 0.2) is 11.3 Å². The molecule has 4 aromatic rings. The van der Waals surface area contributed by atoms with Gasteiger partial charge in [0.1, 0.15) is 23.4 Å². The monoisotopic (exact) mass is 386 g/mol. The van der Waals surface area contributed by atoms with E-state index in [1.165, 1.54) is 16.8 Å². The molecule has 4 rings (SSSR count). The molecular formula is C17H12ClFN6O2. The standard InChI is InChI=1S/C17H12ClFN6O2/c1-9-15(23-24-25(9)11-4-2-10(19)3-5-11)17(26)27-8-14-20-12-6-7-13(18)21-16(12)22-14/h2-7H,8H2,1H3,(H,20,21,22). The highest BCUT2D eigenvalue weighted by molar-refractivity contribution is 6.29. The summed E-state index contributed by atoms with van der Waals surface area (Å²) in [5.41, 5.74) is 2.25. The molecule has 136 valence electrons. The smallest absolute Gasteiger partial charge is 0.361 e. The average Bonchev–Trinajstić information content (AvgIpc) is 3.23. The van der Waals surface area contributed by atoms with Gasteiger partial charge >= 0.3 is 5.97 Å². The predicted octanol–water partition coefficient (Wildman–Crippen LogP) is 3.00. The third kappa shape index (κ3) is 3.36. The summed E-state index contributed by atoms with van der Waals surface area (Å²) in [6, 6.07) is 9.06. The van der Waals surface area contributed by atoms with Crippen LogP contribution in [0, 0.1) is 12.7 Å². The van der Waals surface area contributed by atoms with Gasteiger partial charge in [-0.1, -0.05) is 16.8 Å². The van der Waals surface area contributed by atoms with E-state index >= 15 is 0 Å². The summed E-state index contributed by atoms with van der Waals surface area (Å²) in [7, 11) is 0. The molecule has 0 aliphatic heterocycles. The van der Waals surface area contributed by atoms with Crippen molar-refractivity contribution in [2.24, 2.45) is 0 Å². The van der Waals surface area contributed by atoms with E-state index in [0.717, 1.165) is 0 Å². The van der Waals surface area contributed by atoms with Crippen LogP contribution in [0.5, 0.6) is 0 Å². The van der Waals surface area contributed by atoms with E-state index in [1.54, 1.807) is 31.2 Å². The van der Waals surface area contributed by atoms with Gasteiger partial charge in [-0.05, 0) is 43.3 Å². The van der Waals surface area contributed by atoms with Crippen LogP contribution >= 0.6 is 11.6 Å². The molecule has 0 amide bonds. The Morgan fingerprint density at radius 3 is 2.78 bits per heavy atom. The molecule has 0 spiro atoms. The van der Waals surface area contributed by atoms with E-state index in [1.807, 2.05) is 0 Å². The van der Waals surface area contributed by atoms with Gasteiger partial charge in [0.2, 0.25) is 0 Å². The maximum atomic E-state index is 13.1. The average molecular weight is 387 g/mol. The summed E-state index contributed by atoms with van der Waals surface area (Å²) in [6.45, 7) is 1.59. The van der Waals surface area contributed by atoms with Crippen LogP contribution in [0.15, 0.2) is 36.4 Å². The Labute approximate surface area is 157 Å². The number of esters is 1. The summed E-state index contributed by atoms with van der Waals surface area (Å²) in [5, 5.41) is 8.12. The third-order valence-corrected chi connectivity index (χ3v) is 4.07. The van der Waals surface area contributed by atoms with Crippen LogP contribution in [0.25, 0.3) is 16.9 Å². The molecule has 1 N–H and O–H groups in total. The van der Waals surface area contributed by atoms with Crippen LogP contribution in [0.4, 0.5) is 4.39 Å². The summed E-state index contributed by atoms with van der Waals surface area (Å²) in [6.07, 6.45) is 0. The molecule has 8 nitrogen and oxygen atoms in total. The zero-order valence-corrected chi connectivity index (χ0v) is 14.7. The van der Waals surface area contributed by atoms with E-state index < -0.39 is 5.97 Å². The molecule has 0 aliphatic rings. The molecule has 0 unspecified atom stereocenters. The lowest BCUT2D eigenvalue weighted by Gasteiger charge is -2.04. The molecule has 0 radical (unpaired) electrons. The van der Waals surface area contributed by atoms with Crippen LogP contribution in [0.1, 0.15) is 22.0 Å². The second-order valence-electron chi connectivity index (χ2n) is 5.68. The quantitative estimate of drug-likeness (QED) is 0.427. The second kappa shape index (κ2) is 6.76. The Morgan fingerprint density at radius 1 is 1.22 bits per heavy atom. The fourth-order valence-electron chi connectivity index (χ4n) is 2.54. The lowest BCUT2D eigenvalue weighted by molar-refractivity contribution is 0.0455. The van der Waals surface area contributed by atoms with Crippen molar-refractivity contribution in [2.75, 3.05) is 0 Å². The summed E-state index contributed by atoms with van der Waals surface area (Å²) < 4.78 is 19.7. The van der Waals surface area contributed by atoms with Crippen molar-refractivity contribution in [3.8, 4) is 5.69 Å². The van der Waals surface area contributed by atoms with Gasteiger partial charge in [0, 0.05) is 0 Å². The van der Waals surface area contributed by atoms with Gasteiger partial charge < -0.3 is 9.72 Å². The molecule has 0 fully saturated rings. The maximum Gasteiger partial charge on any atom is 0.361 e. The number of rotatable bonds is 4. The molecule has 0 bridgehead atoms. The molecule has 1 aromatic carbocycles. The Kier molecular flexibility index (Phi) is 4.28. The van der Waals surface area contributed by atoms with Crippen LogP contribution < -0.4 is 0 Å². The molecule has 0 atom stereocenters. The number of nitrogens with zero attached hydrogens (tertiary/aromatic N) is 5. The number of fused-ring (bicyclic) bond motifs is 1. The van der Waals surface area contributed by atoms with Gasteiger partial charge in [0.05, 0.1) is 16.9 Å². The Hall–Kier alpha value is -3.33. The lowest BCUT2D eigenvalue weighted by atomic mass is 10.3. The minimum atomic E-state index is -0.646. The number of carbonyl (C=O) groups is 1. The minimum absolute atomic E-state index is 0.0663. The Morgan fingerprint density at radius 2 is 2.00 bits per heavy atom. The molecule has 27 heavy (non-hydrogen) atoms. The van der Waals surface area contributed by atoms with Crippen molar-refractivity contribution in [3.63, 3.8) is 0 Å². The molecule has 3 aromatic heterocycles. The number of H-pyrrole nitrogens is 1. The van der Waals surface area contributed by atoms with Gasteiger partial charge in [-0.2, -0.15) is 0 Å². The van der Waals surface area contributed by atoms with Crippen LogP contribution in [0.2, 0.25) is 5.15 Å². The van der Waals surface area contributed by atoms with Crippen LogP contribution in [-0.2, 0) is 11.3 Å². The number of benzene rings is 1. The number of ether oxygens (including phenoxy) is 1. The fraction of sp³-hybridized carbons (Fsp3) is 0.118. The number of aromatic amines is 1. The number of halogens is 2. The lowest BCUT2D eigenvalue weighted by Crippen LogP contribution is -2.09. The Balaban J connectivity index is 1.50. The number of imidazole rings is 1. The van der Waals surface area contributed by atoms with E-state index in [2.05, 4.69) is 25.3 Å². The number of hydrogen-bond acceptors (Lipinski definition) is 6. The highest BCUT2D eigenvalue weighted by Gasteiger charge is 2.19. The third-order valence-electron chi connectivity index (χ3n) is 3.86. The van der Waals surface area contributed by atoms with Crippen molar-refractivity contribution in [3.05, 3.63) is 64.6 Å². The van der Waals surface area contributed by atoms with Crippen molar-refractivity contribution < 1.29 is 13.9 Å². The maximum absolute atomic E-state index is 13.1. The van der Waals surface area contributed by atoms with Crippen molar-refractivity contribution in [1.82, 2.24) is 29.9 Å². The molecule has 0 saturated heterocycles. The van der Waals surface area contributed by atoms with Crippen LogP contribution in [0.3, 0.4) is 0 Å². The van der Waals surface area contributed by atoms with E-state index in [9.17, 15) is 9.18 Å². The summed E-state index contributed by atoms with van der Waals surface area (Å²) in [4.78, 5) is 23.6. The number of aromatic nitrogens is 6. The first kappa shape index (κ1) is 17.1. The number of carbonyl (C=O) groups excluding carboxylic acids is 1. The first-order valence-corrected chi connectivity index (χ1v) is 8.25. The second-order valence-corrected chi connectivity index (χ2v) is 6.06. The predicted molar refractivity (Wildman–Crippen MR) is 94.1 cm³/mol. The molecular weight excluding hydrogens is 375 g/mol. The molecule has 0 aliphatic carbocycles. The van der Waals surface area contributed by atoms with Crippen molar-refractivity contribution in [1.29, 1.82) is 0 Å². The largest absolute Gasteiger partial charge is 0.453 e. The fourth-order valence-corrected chi connectivity index (χ4v) is 2.68. The van der Waals surface area contributed by atoms with Crippen molar-refractivity contribution >= 4 is 28.7 Å². The minimum Gasteiger partial charge on any atom is -0.453 e. The first-order chi connectivity index (χ1) is 13.0. The zero-order valence-electron chi connectivity index (χ0n) is 14.0. The molecule has 3 heterocycles. The summed E-state index contributed by atoms with van der Waals surface area (Å²) in [5.74, 6) is -0.582. The van der Waals surface area contributed by atoms with E-state index in [4.69, 9.17) is 16.3 Å². The normalized spacial score (nSPS) is 11.1. The summed E-state index contributed by atoms with van der Waals surface area (Å²) >= 11 is 5.83. The molecule has 0 saturated carbocycles. The highest BCUT2D eigenvalue weighted by atomic mass is 35.5. The number of hydrogen-bond donors (Lipinski definition) is 1. The Bertz CT molecular complexity index is 1140. The number of nitrogens with one attached hydrogen (secondary N) is 1. The SMILES string of the molecule is Cc1c(C(=O)OCc2nc3nc(Cl)ccc3[nH]2)nnn1-c1ccc(F)cc1. The van der Waals surface area contributed by atoms with E-state index in [-0.39, 0.29) is 18.1 Å². The highest BCUT2D eigenvalue weighted by Crippen LogP contribution is 2.16. The van der Waals surface area contributed by atoms with Gasteiger partial charge in [-0.3, -0.25) is 0 Å². The van der Waals surface area contributed by atoms with Gasteiger partial charge in [-0.15, -0.1) is 5.10 Å². The van der Waals surface area contributed by atoms with Gasteiger partial charge in [0.25, 0.3) is 0 Å². The van der Waals surface area contributed by atoms with Gasteiger partial charge in [-0.25, -0.2) is 23.8 Å². The van der Waals surface area contributed by atoms with Crippen LogP contribution in [-0.4, -0.2) is 35.9 Å². The van der Waals surface area contributed by atoms with Crippen molar-refractivity contribution in [2.45, 2.75) is 13.5 Å². The molecule has 10 heteroatoms. The zero-order chi connectivity index (χ0) is 19.0.